The first kappa shape index (κ1) is 20.5. The molecular weight excluding hydrogens is 608 g/mol. The van der Waals surface area contributed by atoms with Crippen LogP contribution in [-0.4, -0.2) is 14.2 Å². The highest BCUT2D eigenvalue weighted by atomic mass is 79.9. The summed E-state index contributed by atoms with van der Waals surface area (Å²) in [6, 6.07) is 13.2. The molecule has 2 nitrogen and oxygen atoms in total. The van der Waals surface area contributed by atoms with Gasteiger partial charge in [-0.05, 0) is 29.8 Å². The van der Waals surface area contributed by atoms with Crippen LogP contribution in [0, 0.1) is 0 Å². The SMILES string of the molecule is COc1c2c(c3sc4c5ccc(Br)cc5sc4c3c1OC)SC1c3ccc(Br)cc3SC21. The van der Waals surface area contributed by atoms with Crippen molar-refractivity contribution in [2.24, 2.45) is 0 Å². The molecule has 0 bridgehead atoms. The first-order chi connectivity index (χ1) is 15.6. The Morgan fingerprint density at radius 3 is 2.38 bits per heavy atom. The van der Waals surface area contributed by atoms with Gasteiger partial charge < -0.3 is 9.47 Å². The zero-order valence-electron chi connectivity index (χ0n) is 16.8. The third kappa shape index (κ3) is 2.65. The molecule has 0 saturated heterocycles. The maximum absolute atomic E-state index is 6.07. The number of fused-ring (bicyclic) bond motifs is 11. The van der Waals surface area contributed by atoms with Gasteiger partial charge in [0.15, 0.2) is 11.5 Å². The Morgan fingerprint density at radius 2 is 1.56 bits per heavy atom. The summed E-state index contributed by atoms with van der Waals surface area (Å²) in [5, 5.41) is 3.25. The van der Waals surface area contributed by atoms with Crippen molar-refractivity contribution in [3.8, 4) is 11.5 Å². The van der Waals surface area contributed by atoms with Crippen LogP contribution < -0.4 is 9.47 Å². The molecule has 5 aromatic rings. The second-order valence-electron chi connectivity index (χ2n) is 7.78. The van der Waals surface area contributed by atoms with Gasteiger partial charge in [0.25, 0.3) is 0 Å². The van der Waals surface area contributed by atoms with Gasteiger partial charge in [-0.3, -0.25) is 0 Å². The van der Waals surface area contributed by atoms with Gasteiger partial charge in [-0.1, -0.05) is 44.0 Å². The molecule has 0 amide bonds. The van der Waals surface area contributed by atoms with Crippen LogP contribution in [0.5, 0.6) is 11.5 Å². The van der Waals surface area contributed by atoms with E-state index in [-0.39, 0.29) is 0 Å². The lowest BCUT2D eigenvalue weighted by Gasteiger charge is -2.17. The molecule has 32 heavy (non-hydrogen) atoms. The highest BCUT2D eigenvalue weighted by Gasteiger charge is 2.46. The largest absolute Gasteiger partial charge is 0.492 e. The Balaban J connectivity index is 1.55. The molecule has 8 heteroatoms. The summed E-state index contributed by atoms with van der Waals surface area (Å²) < 4.78 is 19.6. The van der Waals surface area contributed by atoms with Crippen molar-refractivity contribution < 1.29 is 9.47 Å². The number of thioether (sulfide) groups is 2. The van der Waals surface area contributed by atoms with Gasteiger partial charge in [-0.25, -0.2) is 0 Å². The predicted molar refractivity (Wildman–Crippen MR) is 147 cm³/mol. The van der Waals surface area contributed by atoms with E-state index in [1.165, 1.54) is 50.5 Å². The maximum Gasteiger partial charge on any atom is 0.171 e. The van der Waals surface area contributed by atoms with Gasteiger partial charge in [-0.15, -0.1) is 46.2 Å². The van der Waals surface area contributed by atoms with Crippen LogP contribution >= 0.6 is 78.1 Å². The van der Waals surface area contributed by atoms with E-state index in [0.29, 0.717) is 10.5 Å². The summed E-state index contributed by atoms with van der Waals surface area (Å²) in [5.41, 5.74) is 2.72. The number of ether oxygens (including phenoxy) is 2. The molecule has 2 aliphatic heterocycles. The average Bonchev–Trinajstić information content (AvgIpc) is 3.49. The van der Waals surface area contributed by atoms with Crippen LogP contribution in [0.25, 0.3) is 29.6 Å². The van der Waals surface area contributed by atoms with E-state index in [1.807, 2.05) is 46.2 Å². The van der Waals surface area contributed by atoms with Gasteiger partial charge in [-0.2, -0.15) is 0 Å². The minimum Gasteiger partial charge on any atom is -0.492 e. The molecule has 2 aromatic heterocycles. The Bertz CT molecular complexity index is 1600. The topological polar surface area (TPSA) is 18.5 Å². The predicted octanol–water partition coefficient (Wildman–Crippen LogP) is 9.81. The molecule has 2 unspecified atom stereocenters. The fraction of sp³-hybridized carbons (Fsp3) is 0.167. The first-order valence-electron chi connectivity index (χ1n) is 9.94. The molecule has 2 atom stereocenters. The Hall–Kier alpha value is -0.900. The van der Waals surface area contributed by atoms with Crippen LogP contribution in [0.2, 0.25) is 0 Å². The lowest BCUT2D eigenvalue weighted by atomic mass is 10.0. The molecule has 0 radical (unpaired) electrons. The molecule has 0 N–H and O–H groups in total. The lowest BCUT2D eigenvalue weighted by Crippen LogP contribution is -1.99. The molecule has 0 aliphatic carbocycles. The molecule has 3 aromatic carbocycles. The van der Waals surface area contributed by atoms with E-state index in [0.717, 1.165) is 20.4 Å². The van der Waals surface area contributed by atoms with Gasteiger partial charge in [0.2, 0.25) is 0 Å². The van der Waals surface area contributed by atoms with Crippen LogP contribution in [-0.2, 0) is 0 Å². The summed E-state index contributed by atoms with van der Waals surface area (Å²) in [5.74, 6) is 1.77. The third-order valence-corrected chi connectivity index (χ3v) is 12.8. The highest BCUT2D eigenvalue weighted by molar-refractivity contribution is 9.10. The average molecular weight is 622 g/mol. The van der Waals surface area contributed by atoms with Gasteiger partial charge in [0, 0.05) is 34.4 Å². The molecule has 160 valence electrons. The van der Waals surface area contributed by atoms with E-state index in [9.17, 15) is 0 Å². The van der Waals surface area contributed by atoms with E-state index in [4.69, 9.17) is 9.47 Å². The Morgan fingerprint density at radius 1 is 0.781 bits per heavy atom. The summed E-state index contributed by atoms with van der Waals surface area (Å²) in [4.78, 5) is 2.73. The minimum absolute atomic E-state index is 0.334. The van der Waals surface area contributed by atoms with Crippen molar-refractivity contribution in [3.63, 3.8) is 0 Å². The molecule has 4 heterocycles. The standard InChI is InChI=1S/C24H14Br2O2S4/c1-27-17-15-21-19(11-5-3-9(25)7-13(11)29-21)31-23(15)24-16(18(17)28-2)22-20(32-24)12-6-4-10(26)8-14(12)30-22/h3-8,19,21H,1-2H3. The second-order valence-corrected chi connectivity index (χ2v) is 14.0. The number of benzene rings is 3. The van der Waals surface area contributed by atoms with Gasteiger partial charge >= 0.3 is 0 Å². The Labute approximate surface area is 217 Å². The number of rotatable bonds is 2. The lowest BCUT2D eigenvalue weighted by molar-refractivity contribution is 0.354. The number of halogens is 2. The number of hydrogen-bond acceptors (Lipinski definition) is 6. The summed E-state index contributed by atoms with van der Waals surface area (Å²) in [6.45, 7) is 0. The van der Waals surface area contributed by atoms with Gasteiger partial charge in [0.1, 0.15) is 0 Å². The maximum atomic E-state index is 6.07. The molecule has 2 aliphatic rings. The van der Waals surface area contributed by atoms with Crippen molar-refractivity contribution in [3.05, 3.63) is 56.5 Å². The van der Waals surface area contributed by atoms with Crippen LogP contribution in [0.3, 0.4) is 0 Å². The molecule has 0 spiro atoms. The number of thiophene rings is 2. The van der Waals surface area contributed by atoms with Crippen molar-refractivity contribution in [2.75, 3.05) is 14.2 Å². The number of hydrogen-bond donors (Lipinski definition) is 0. The quantitative estimate of drug-likeness (QED) is 0.195. The second kappa shape index (κ2) is 7.30. The minimum atomic E-state index is 0.334. The molecule has 7 rings (SSSR count). The fourth-order valence-corrected chi connectivity index (χ4v) is 12.2. The van der Waals surface area contributed by atoms with Crippen molar-refractivity contribution in [1.29, 1.82) is 0 Å². The van der Waals surface area contributed by atoms with Crippen molar-refractivity contribution in [2.45, 2.75) is 20.3 Å². The summed E-state index contributed by atoms with van der Waals surface area (Å²) in [6.07, 6.45) is 0. The normalized spacial score (nSPS) is 19.0. The molecule has 0 fully saturated rings. The molecular formula is C24H14Br2O2S4. The monoisotopic (exact) mass is 620 g/mol. The number of methoxy groups -OCH3 is 2. The van der Waals surface area contributed by atoms with Crippen molar-refractivity contribution >= 4 is 108 Å². The smallest absolute Gasteiger partial charge is 0.171 e. The summed E-state index contributed by atoms with van der Waals surface area (Å²) in [7, 11) is 3.54. The van der Waals surface area contributed by atoms with E-state index < -0.39 is 0 Å². The third-order valence-electron chi connectivity index (χ3n) is 6.14. The fourth-order valence-electron chi connectivity index (χ4n) is 4.84. The first-order valence-corrected chi connectivity index (χ1v) is 14.9. The zero-order valence-corrected chi connectivity index (χ0v) is 23.3. The van der Waals surface area contributed by atoms with Crippen LogP contribution in [0.4, 0.5) is 0 Å². The Kier molecular flexibility index (Phi) is 4.67. The highest BCUT2D eigenvalue weighted by Crippen LogP contribution is 2.71. The van der Waals surface area contributed by atoms with E-state index in [2.05, 4.69) is 68.3 Å². The molecule has 0 saturated carbocycles. The van der Waals surface area contributed by atoms with Crippen LogP contribution in [0.15, 0.2) is 55.1 Å². The van der Waals surface area contributed by atoms with E-state index >= 15 is 0 Å². The van der Waals surface area contributed by atoms with E-state index in [1.54, 1.807) is 14.2 Å². The van der Waals surface area contributed by atoms with Gasteiger partial charge in [0.05, 0.1) is 44.2 Å². The van der Waals surface area contributed by atoms with Crippen molar-refractivity contribution in [1.82, 2.24) is 0 Å². The van der Waals surface area contributed by atoms with Crippen LogP contribution in [0.1, 0.15) is 21.6 Å². The summed E-state index contributed by atoms with van der Waals surface area (Å²) >= 11 is 14.9. The zero-order chi connectivity index (χ0) is 21.7.